The molecule has 0 saturated carbocycles. The van der Waals surface area contributed by atoms with Crippen molar-refractivity contribution in [2.75, 3.05) is 0 Å². The van der Waals surface area contributed by atoms with Crippen LogP contribution in [0.5, 0.6) is 0 Å². The molecular weight excluding hydrogens is 252 g/mol. The minimum atomic E-state index is -1.46. The first kappa shape index (κ1) is 14.7. The maximum absolute atomic E-state index is 11.5. The fourth-order valence-electron chi connectivity index (χ4n) is 1.28. The number of hydrogen-bond acceptors (Lipinski definition) is 3. The van der Waals surface area contributed by atoms with E-state index in [0.29, 0.717) is 17.2 Å². The van der Waals surface area contributed by atoms with Crippen LogP contribution in [0.3, 0.4) is 0 Å². The van der Waals surface area contributed by atoms with Crippen molar-refractivity contribution in [1.82, 2.24) is 5.43 Å². The first-order valence-electron chi connectivity index (χ1n) is 5.70. The van der Waals surface area contributed by atoms with Crippen LogP contribution < -0.4 is 5.43 Å². The number of hydrazone groups is 1. The van der Waals surface area contributed by atoms with Gasteiger partial charge in [-0.15, -0.1) is 0 Å². The standard InChI is InChI=1S/C13H17ClN2O2/c1-4-11(9-7-5-6-8-10(9)14)15-16-12(17)13(2,3)18/h5-8,18H,4H2,1-3H3,(H,16,17). The summed E-state index contributed by atoms with van der Waals surface area (Å²) < 4.78 is 0. The van der Waals surface area contributed by atoms with E-state index in [4.69, 9.17) is 11.6 Å². The molecule has 5 heteroatoms. The second-order valence-corrected chi connectivity index (χ2v) is 4.80. The molecule has 1 amide bonds. The lowest BCUT2D eigenvalue weighted by molar-refractivity contribution is -0.136. The van der Waals surface area contributed by atoms with Crippen molar-refractivity contribution in [3.8, 4) is 0 Å². The third-order valence-electron chi connectivity index (χ3n) is 2.37. The van der Waals surface area contributed by atoms with Gasteiger partial charge in [-0.05, 0) is 26.3 Å². The molecule has 0 fully saturated rings. The van der Waals surface area contributed by atoms with Gasteiger partial charge in [0.2, 0.25) is 0 Å². The maximum atomic E-state index is 11.5. The van der Waals surface area contributed by atoms with E-state index in [2.05, 4.69) is 10.5 Å². The zero-order valence-electron chi connectivity index (χ0n) is 10.7. The topological polar surface area (TPSA) is 61.7 Å². The first-order chi connectivity index (χ1) is 8.36. The Bertz CT molecular complexity index is 464. The zero-order chi connectivity index (χ0) is 13.8. The molecule has 0 heterocycles. The van der Waals surface area contributed by atoms with Gasteiger partial charge in [0.15, 0.2) is 0 Å². The highest BCUT2D eigenvalue weighted by atomic mass is 35.5. The lowest BCUT2D eigenvalue weighted by Crippen LogP contribution is -2.40. The molecule has 1 aromatic carbocycles. The monoisotopic (exact) mass is 268 g/mol. The van der Waals surface area contributed by atoms with E-state index in [1.54, 1.807) is 6.07 Å². The third-order valence-corrected chi connectivity index (χ3v) is 2.70. The highest BCUT2D eigenvalue weighted by Gasteiger charge is 2.23. The molecule has 0 spiro atoms. The van der Waals surface area contributed by atoms with Crippen LogP contribution in [0.1, 0.15) is 32.8 Å². The van der Waals surface area contributed by atoms with E-state index in [0.717, 1.165) is 5.56 Å². The Hall–Kier alpha value is -1.39. The van der Waals surface area contributed by atoms with Gasteiger partial charge in [-0.3, -0.25) is 4.79 Å². The van der Waals surface area contributed by atoms with Gasteiger partial charge in [-0.2, -0.15) is 5.10 Å². The molecule has 0 aromatic heterocycles. The molecule has 0 saturated heterocycles. The average molecular weight is 269 g/mol. The van der Waals surface area contributed by atoms with Crippen LogP contribution in [0, 0.1) is 0 Å². The van der Waals surface area contributed by atoms with Gasteiger partial charge in [0, 0.05) is 10.6 Å². The van der Waals surface area contributed by atoms with Crippen molar-refractivity contribution in [2.45, 2.75) is 32.8 Å². The molecule has 98 valence electrons. The summed E-state index contributed by atoms with van der Waals surface area (Å²) >= 11 is 6.06. The Morgan fingerprint density at radius 1 is 1.44 bits per heavy atom. The Morgan fingerprint density at radius 2 is 2.06 bits per heavy atom. The molecule has 1 rings (SSSR count). The normalized spacial score (nSPS) is 12.4. The van der Waals surface area contributed by atoms with E-state index in [1.807, 2.05) is 25.1 Å². The quantitative estimate of drug-likeness (QED) is 0.650. The van der Waals surface area contributed by atoms with Crippen LogP contribution in [0.15, 0.2) is 29.4 Å². The molecule has 0 unspecified atom stereocenters. The predicted molar refractivity (Wildman–Crippen MR) is 72.7 cm³/mol. The van der Waals surface area contributed by atoms with Crippen LogP contribution in [0.2, 0.25) is 5.02 Å². The van der Waals surface area contributed by atoms with E-state index >= 15 is 0 Å². The van der Waals surface area contributed by atoms with Crippen LogP contribution in [-0.2, 0) is 4.79 Å². The lowest BCUT2D eigenvalue weighted by atomic mass is 10.1. The summed E-state index contributed by atoms with van der Waals surface area (Å²) in [5, 5.41) is 14.1. The summed E-state index contributed by atoms with van der Waals surface area (Å²) in [6, 6.07) is 7.28. The van der Waals surface area contributed by atoms with Crippen molar-refractivity contribution in [3.05, 3.63) is 34.9 Å². The summed E-state index contributed by atoms with van der Waals surface area (Å²) in [5.74, 6) is -0.555. The molecule has 1 aromatic rings. The van der Waals surface area contributed by atoms with Crippen LogP contribution >= 0.6 is 11.6 Å². The largest absolute Gasteiger partial charge is 0.381 e. The van der Waals surface area contributed by atoms with Crippen LogP contribution in [0.4, 0.5) is 0 Å². The Kier molecular flexibility index (Phi) is 4.87. The van der Waals surface area contributed by atoms with Gasteiger partial charge in [-0.25, -0.2) is 5.43 Å². The predicted octanol–water partition coefficient (Wildman–Crippen LogP) is 2.34. The van der Waals surface area contributed by atoms with Crippen molar-refractivity contribution < 1.29 is 9.90 Å². The van der Waals surface area contributed by atoms with Gasteiger partial charge >= 0.3 is 0 Å². The molecule has 18 heavy (non-hydrogen) atoms. The highest BCUT2D eigenvalue weighted by Crippen LogP contribution is 2.17. The number of benzene rings is 1. The molecule has 2 N–H and O–H groups in total. The van der Waals surface area contributed by atoms with Crippen LogP contribution in [-0.4, -0.2) is 22.3 Å². The van der Waals surface area contributed by atoms with E-state index < -0.39 is 11.5 Å². The Labute approximate surface area is 112 Å². The van der Waals surface area contributed by atoms with Crippen molar-refractivity contribution >= 4 is 23.2 Å². The number of carbonyl (C=O) groups is 1. The molecular formula is C13H17ClN2O2. The summed E-state index contributed by atoms with van der Waals surface area (Å²) in [7, 11) is 0. The molecule has 0 atom stereocenters. The fraction of sp³-hybridized carbons (Fsp3) is 0.385. The minimum Gasteiger partial charge on any atom is -0.381 e. The SMILES string of the molecule is CCC(=NNC(=O)C(C)(C)O)c1ccccc1Cl. The van der Waals surface area contributed by atoms with Gasteiger partial charge in [0.05, 0.1) is 5.71 Å². The van der Waals surface area contributed by atoms with E-state index in [9.17, 15) is 9.90 Å². The smallest absolute Gasteiger partial charge is 0.271 e. The van der Waals surface area contributed by atoms with Gasteiger partial charge in [-0.1, -0.05) is 36.7 Å². The highest BCUT2D eigenvalue weighted by molar-refractivity contribution is 6.34. The molecule has 0 radical (unpaired) electrons. The zero-order valence-corrected chi connectivity index (χ0v) is 11.5. The summed E-state index contributed by atoms with van der Waals surface area (Å²) in [6.45, 7) is 4.72. The Morgan fingerprint density at radius 3 is 2.56 bits per heavy atom. The van der Waals surface area contributed by atoms with E-state index in [-0.39, 0.29) is 0 Å². The fourth-order valence-corrected chi connectivity index (χ4v) is 1.52. The number of rotatable bonds is 4. The van der Waals surface area contributed by atoms with Crippen molar-refractivity contribution in [2.24, 2.45) is 5.10 Å². The van der Waals surface area contributed by atoms with Crippen molar-refractivity contribution in [3.63, 3.8) is 0 Å². The third kappa shape index (κ3) is 3.82. The average Bonchev–Trinajstić information content (AvgIpc) is 2.30. The molecule has 4 nitrogen and oxygen atoms in total. The number of nitrogens with zero attached hydrogens (tertiary/aromatic N) is 1. The van der Waals surface area contributed by atoms with Gasteiger partial charge < -0.3 is 5.11 Å². The molecule has 0 aliphatic heterocycles. The Balaban J connectivity index is 2.92. The summed E-state index contributed by atoms with van der Waals surface area (Å²) in [5.41, 5.74) is 2.32. The van der Waals surface area contributed by atoms with E-state index in [1.165, 1.54) is 13.8 Å². The first-order valence-corrected chi connectivity index (χ1v) is 6.08. The molecule has 0 aliphatic carbocycles. The number of halogens is 1. The number of amides is 1. The second-order valence-electron chi connectivity index (χ2n) is 4.39. The summed E-state index contributed by atoms with van der Waals surface area (Å²) in [6.07, 6.45) is 0.621. The lowest BCUT2D eigenvalue weighted by Gasteiger charge is -2.15. The summed E-state index contributed by atoms with van der Waals surface area (Å²) in [4.78, 5) is 11.5. The van der Waals surface area contributed by atoms with Crippen LogP contribution in [0.25, 0.3) is 0 Å². The maximum Gasteiger partial charge on any atom is 0.271 e. The molecule has 0 aliphatic rings. The molecule has 0 bridgehead atoms. The number of nitrogens with one attached hydrogen (secondary N) is 1. The number of carbonyl (C=O) groups excluding carboxylic acids is 1. The van der Waals surface area contributed by atoms with Gasteiger partial charge in [0.1, 0.15) is 5.60 Å². The number of hydrogen-bond donors (Lipinski definition) is 2. The van der Waals surface area contributed by atoms with Crippen molar-refractivity contribution in [1.29, 1.82) is 0 Å². The second kappa shape index (κ2) is 5.98. The van der Waals surface area contributed by atoms with Gasteiger partial charge in [0.25, 0.3) is 5.91 Å². The minimum absolute atomic E-state index is 0.555. The number of aliphatic hydroxyl groups is 1.